The molecule has 0 radical (unpaired) electrons. The fraction of sp³-hybridized carbons (Fsp3) is 0. The molecular formula is C6H4N2O5. The first-order valence-electron chi connectivity index (χ1n) is 3.16. The number of nitro groups is 1. The molecule has 68 valence electrons. The first-order chi connectivity index (χ1) is 6.09. The molecule has 0 unspecified atom stereocenters. The van der Waals surface area contributed by atoms with E-state index in [-0.39, 0.29) is 11.4 Å². The van der Waals surface area contributed by atoms with Crippen molar-refractivity contribution in [2.24, 2.45) is 0 Å². The summed E-state index contributed by atoms with van der Waals surface area (Å²) in [5.74, 6) is -0.0457. The normalized spacial score (nSPS) is 9.23. The molecule has 0 fully saturated rings. The van der Waals surface area contributed by atoms with Crippen LogP contribution >= 0.6 is 0 Å². The van der Waals surface area contributed by atoms with Crippen molar-refractivity contribution in [2.45, 2.75) is 0 Å². The molecule has 7 heteroatoms. The number of rotatable bonds is 3. The molecule has 0 amide bonds. The molecule has 0 heterocycles. The van der Waals surface area contributed by atoms with Gasteiger partial charge in [0.25, 0.3) is 10.8 Å². The van der Waals surface area contributed by atoms with Crippen molar-refractivity contribution >= 4 is 5.69 Å². The highest BCUT2D eigenvalue weighted by Crippen LogP contribution is 2.16. The van der Waals surface area contributed by atoms with Crippen LogP contribution in [-0.2, 0) is 0 Å². The predicted octanol–water partition coefficient (Wildman–Crippen LogP) is 1.17. The summed E-state index contributed by atoms with van der Waals surface area (Å²) < 4.78 is 0. The van der Waals surface area contributed by atoms with Crippen LogP contribution in [0, 0.1) is 20.2 Å². The van der Waals surface area contributed by atoms with E-state index in [2.05, 4.69) is 4.84 Å². The third-order valence-corrected chi connectivity index (χ3v) is 1.23. The van der Waals surface area contributed by atoms with Gasteiger partial charge in [-0.2, -0.15) is 0 Å². The van der Waals surface area contributed by atoms with Crippen LogP contribution in [0.4, 0.5) is 5.69 Å². The molecule has 1 rings (SSSR count). The molecule has 7 nitrogen and oxygen atoms in total. The zero-order chi connectivity index (χ0) is 9.84. The summed E-state index contributed by atoms with van der Waals surface area (Å²) in [5, 5.41) is 19.0. The lowest BCUT2D eigenvalue weighted by molar-refractivity contribution is -0.711. The second-order valence-corrected chi connectivity index (χ2v) is 2.07. The molecule has 13 heavy (non-hydrogen) atoms. The lowest BCUT2D eigenvalue weighted by atomic mass is 10.3. The third-order valence-electron chi connectivity index (χ3n) is 1.23. The summed E-state index contributed by atoms with van der Waals surface area (Å²) in [7, 11) is 0. The van der Waals surface area contributed by atoms with Gasteiger partial charge in [-0.3, -0.25) is 15.0 Å². The van der Waals surface area contributed by atoms with Crippen molar-refractivity contribution in [3.63, 3.8) is 0 Å². The fourth-order valence-corrected chi connectivity index (χ4v) is 0.715. The van der Waals surface area contributed by atoms with Crippen molar-refractivity contribution in [2.75, 3.05) is 0 Å². The predicted molar refractivity (Wildman–Crippen MR) is 40.7 cm³/mol. The molecule has 0 N–H and O–H groups in total. The van der Waals surface area contributed by atoms with Crippen LogP contribution < -0.4 is 4.84 Å². The molecule has 0 atom stereocenters. The molecule has 0 saturated carbocycles. The Labute approximate surface area is 71.8 Å². The fourth-order valence-electron chi connectivity index (χ4n) is 0.715. The summed E-state index contributed by atoms with van der Waals surface area (Å²) >= 11 is 0. The van der Waals surface area contributed by atoms with Crippen molar-refractivity contribution < 1.29 is 14.8 Å². The smallest absolute Gasteiger partial charge is 0.276 e. The Hall–Kier alpha value is -2.18. The molecule has 0 saturated heterocycles. The molecule has 0 aromatic heterocycles. The molecule has 1 aromatic carbocycles. The molecule has 0 aliphatic carbocycles. The van der Waals surface area contributed by atoms with Gasteiger partial charge in [0.1, 0.15) is 5.75 Å². The van der Waals surface area contributed by atoms with E-state index >= 15 is 0 Å². The summed E-state index contributed by atoms with van der Waals surface area (Å²) in [6.07, 6.45) is 0. The largest absolute Gasteiger partial charge is 0.299 e. The zero-order valence-corrected chi connectivity index (χ0v) is 6.25. The van der Waals surface area contributed by atoms with Gasteiger partial charge in [-0.25, -0.2) is 0 Å². The maximum absolute atomic E-state index is 10.2. The monoisotopic (exact) mass is 184 g/mol. The average Bonchev–Trinajstić information content (AvgIpc) is 2.04. The topological polar surface area (TPSA) is 95.5 Å². The SMILES string of the molecule is O=[N+]([O-])Oc1ccc([N+](=O)[O-])cc1. The summed E-state index contributed by atoms with van der Waals surface area (Å²) in [6, 6.07) is 4.56. The lowest BCUT2D eigenvalue weighted by Crippen LogP contribution is -2.03. The maximum Gasteiger partial charge on any atom is 0.299 e. The first-order valence-corrected chi connectivity index (χ1v) is 3.16. The Balaban J connectivity index is 2.81. The minimum atomic E-state index is -0.985. The van der Waals surface area contributed by atoms with Gasteiger partial charge in [0.15, 0.2) is 0 Å². The van der Waals surface area contributed by atoms with Crippen molar-refractivity contribution in [3.8, 4) is 5.75 Å². The highest BCUT2D eigenvalue weighted by atomic mass is 17.0. The molecule has 0 spiro atoms. The number of non-ortho nitro benzene ring substituents is 1. The van der Waals surface area contributed by atoms with Gasteiger partial charge in [-0.1, -0.05) is 0 Å². The number of nitro benzene ring substituents is 1. The molecule has 0 aliphatic rings. The van der Waals surface area contributed by atoms with E-state index < -0.39 is 10.0 Å². The standard InChI is InChI=1S/C6H4N2O5/c9-7(10)5-1-3-6(4-2-5)13-8(11)12/h1-4H. The van der Waals surface area contributed by atoms with E-state index in [1.807, 2.05) is 0 Å². The Bertz CT molecular complexity index is 333. The summed E-state index contributed by atoms with van der Waals surface area (Å²) in [6.45, 7) is 0. The zero-order valence-electron chi connectivity index (χ0n) is 6.25. The average molecular weight is 184 g/mol. The summed E-state index contributed by atoms with van der Waals surface area (Å²) in [5.41, 5.74) is -0.143. The van der Waals surface area contributed by atoms with Crippen LogP contribution in [-0.4, -0.2) is 10.0 Å². The van der Waals surface area contributed by atoms with Crippen LogP contribution in [0.15, 0.2) is 24.3 Å². The second-order valence-electron chi connectivity index (χ2n) is 2.07. The van der Waals surface area contributed by atoms with Crippen molar-refractivity contribution in [1.82, 2.24) is 0 Å². The second kappa shape index (κ2) is 3.48. The van der Waals surface area contributed by atoms with Gasteiger partial charge in [-0.15, -0.1) is 10.1 Å². The molecule has 1 aromatic rings. The van der Waals surface area contributed by atoms with E-state index in [9.17, 15) is 20.2 Å². The number of nitrogens with zero attached hydrogens (tertiary/aromatic N) is 2. The van der Waals surface area contributed by atoms with Gasteiger partial charge in [0.2, 0.25) is 0 Å². The minimum absolute atomic E-state index is 0.0457. The quantitative estimate of drug-likeness (QED) is 0.518. The van der Waals surface area contributed by atoms with Crippen LogP contribution in [0.2, 0.25) is 0 Å². The van der Waals surface area contributed by atoms with Crippen LogP contribution in [0.1, 0.15) is 0 Å². The van der Waals surface area contributed by atoms with Gasteiger partial charge < -0.3 is 0 Å². The van der Waals surface area contributed by atoms with E-state index in [1.54, 1.807) is 0 Å². The first kappa shape index (κ1) is 8.91. The van der Waals surface area contributed by atoms with Crippen molar-refractivity contribution in [1.29, 1.82) is 0 Å². The lowest BCUT2D eigenvalue weighted by Gasteiger charge is -1.95. The Morgan fingerprint density at radius 3 is 2.00 bits per heavy atom. The number of benzene rings is 1. The Morgan fingerprint density at radius 1 is 1.08 bits per heavy atom. The van der Waals surface area contributed by atoms with Gasteiger partial charge in [0.05, 0.1) is 4.92 Å². The van der Waals surface area contributed by atoms with Crippen LogP contribution in [0.25, 0.3) is 0 Å². The van der Waals surface area contributed by atoms with Gasteiger partial charge in [0, 0.05) is 12.1 Å². The minimum Gasteiger partial charge on any atom is -0.276 e. The Kier molecular flexibility index (Phi) is 2.38. The van der Waals surface area contributed by atoms with Gasteiger partial charge in [-0.05, 0) is 12.1 Å². The highest BCUT2D eigenvalue weighted by molar-refractivity contribution is 5.35. The summed E-state index contributed by atoms with van der Waals surface area (Å²) in [4.78, 5) is 23.4. The van der Waals surface area contributed by atoms with E-state index in [4.69, 9.17) is 0 Å². The van der Waals surface area contributed by atoms with E-state index in [0.29, 0.717) is 0 Å². The van der Waals surface area contributed by atoms with Crippen molar-refractivity contribution in [3.05, 3.63) is 44.5 Å². The Morgan fingerprint density at radius 2 is 1.62 bits per heavy atom. The number of hydrogen-bond donors (Lipinski definition) is 0. The number of hydrogen-bond acceptors (Lipinski definition) is 5. The van der Waals surface area contributed by atoms with Crippen LogP contribution in [0.3, 0.4) is 0 Å². The highest BCUT2D eigenvalue weighted by Gasteiger charge is 2.05. The third kappa shape index (κ3) is 2.40. The van der Waals surface area contributed by atoms with E-state index in [0.717, 1.165) is 24.3 Å². The molecule has 0 aliphatic heterocycles. The van der Waals surface area contributed by atoms with Gasteiger partial charge >= 0.3 is 0 Å². The van der Waals surface area contributed by atoms with Crippen LogP contribution in [0.5, 0.6) is 5.75 Å². The maximum atomic E-state index is 10.2. The molecule has 0 bridgehead atoms. The molecular weight excluding hydrogens is 180 g/mol. The van der Waals surface area contributed by atoms with E-state index in [1.165, 1.54) is 0 Å².